The lowest BCUT2D eigenvalue weighted by atomic mass is 10.2. The first-order valence-electron chi connectivity index (χ1n) is 6.18. The summed E-state index contributed by atoms with van der Waals surface area (Å²) in [5, 5.41) is 8.16. The van der Waals surface area contributed by atoms with Gasteiger partial charge in [-0.05, 0) is 40.5 Å². The van der Waals surface area contributed by atoms with Gasteiger partial charge in [-0.15, -0.1) is 0 Å². The fourth-order valence-corrected chi connectivity index (χ4v) is 2.68. The fraction of sp³-hybridized carbons (Fsp3) is 0.0714. The molecule has 1 aromatic carbocycles. The minimum absolute atomic E-state index is 0.681. The van der Waals surface area contributed by atoms with Gasteiger partial charge in [0.25, 0.3) is 0 Å². The van der Waals surface area contributed by atoms with Crippen LogP contribution in [0.2, 0.25) is 0 Å². The Labute approximate surface area is 122 Å². The lowest BCUT2D eigenvalue weighted by Crippen LogP contribution is -1.82. The topological polar surface area (TPSA) is 70.2 Å². The quantitative estimate of drug-likeness (QED) is 0.561. The summed E-state index contributed by atoms with van der Waals surface area (Å²) >= 11 is 3.44. The molecule has 0 fully saturated rings. The minimum Gasteiger partial charge on any atom is -0.337 e. The van der Waals surface area contributed by atoms with Crippen LogP contribution in [-0.2, 0) is 0 Å². The van der Waals surface area contributed by atoms with Crippen molar-refractivity contribution in [3.05, 3.63) is 40.5 Å². The lowest BCUT2D eigenvalue weighted by Gasteiger charge is -1.93. The Morgan fingerprint density at radius 2 is 2.15 bits per heavy atom. The number of aromatic nitrogens is 5. The summed E-state index contributed by atoms with van der Waals surface area (Å²) in [6.07, 6.45) is 1.73. The smallest absolute Gasteiger partial charge is 0.181 e. The third kappa shape index (κ3) is 1.65. The second-order valence-corrected chi connectivity index (χ2v) is 5.60. The van der Waals surface area contributed by atoms with Gasteiger partial charge in [-0.25, -0.2) is 9.97 Å². The van der Waals surface area contributed by atoms with Crippen LogP contribution in [0.25, 0.3) is 33.6 Å². The molecule has 5 nitrogen and oxygen atoms in total. The summed E-state index contributed by atoms with van der Waals surface area (Å²) < 4.78 is 0.917. The number of aryl methyl sites for hydroxylation is 1. The van der Waals surface area contributed by atoms with Gasteiger partial charge in [0.05, 0.1) is 16.4 Å². The van der Waals surface area contributed by atoms with Crippen LogP contribution in [0.3, 0.4) is 0 Å². The van der Waals surface area contributed by atoms with Gasteiger partial charge in [0, 0.05) is 10.7 Å². The zero-order chi connectivity index (χ0) is 13.7. The normalized spacial score (nSPS) is 11.5. The van der Waals surface area contributed by atoms with E-state index in [-0.39, 0.29) is 0 Å². The Morgan fingerprint density at radius 3 is 3.00 bits per heavy atom. The van der Waals surface area contributed by atoms with Crippen molar-refractivity contribution in [2.75, 3.05) is 0 Å². The highest BCUT2D eigenvalue weighted by atomic mass is 79.9. The molecular weight excluding hydrogens is 318 g/mol. The number of nitrogens with one attached hydrogen (secondary N) is 2. The number of para-hydroxylation sites is 1. The average Bonchev–Trinajstić information content (AvgIpc) is 3.02. The summed E-state index contributed by atoms with van der Waals surface area (Å²) in [5.41, 5.74) is 4.68. The molecule has 0 atom stereocenters. The number of hydrogen-bond donors (Lipinski definition) is 2. The molecule has 3 heterocycles. The third-order valence-electron chi connectivity index (χ3n) is 3.33. The molecule has 0 aliphatic rings. The predicted molar refractivity (Wildman–Crippen MR) is 81.4 cm³/mol. The highest BCUT2D eigenvalue weighted by Gasteiger charge is 2.13. The van der Waals surface area contributed by atoms with Crippen molar-refractivity contribution in [3.8, 4) is 11.5 Å². The molecule has 0 bridgehead atoms. The second-order valence-electron chi connectivity index (χ2n) is 4.68. The number of H-pyrrole nitrogens is 2. The molecular formula is C14H10BrN5. The fourth-order valence-electron chi connectivity index (χ4n) is 2.35. The molecule has 0 saturated heterocycles. The van der Waals surface area contributed by atoms with E-state index in [0.29, 0.717) is 5.65 Å². The number of nitrogens with zero attached hydrogens (tertiary/aromatic N) is 3. The van der Waals surface area contributed by atoms with Crippen LogP contribution in [0.5, 0.6) is 0 Å². The SMILES string of the molecule is Cc1cccc2[nH]c(-c3[nH]nc4ncc(Br)cc34)nc12. The molecule has 0 unspecified atom stereocenters. The average molecular weight is 328 g/mol. The highest BCUT2D eigenvalue weighted by Crippen LogP contribution is 2.27. The van der Waals surface area contributed by atoms with Gasteiger partial charge in [0.1, 0.15) is 5.69 Å². The number of pyridine rings is 1. The Kier molecular flexibility index (Phi) is 2.40. The summed E-state index contributed by atoms with van der Waals surface area (Å²) in [5.74, 6) is 0.775. The molecule has 0 aliphatic heterocycles. The van der Waals surface area contributed by atoms with Crippen LogP contribution >= 0.6 is 15.9 Å². The van der Waals surface area contributed by atoms with Gasteiger partial charge in [0.15, 0.2) is 11.5 Å². The Balaban J connectivity index is 2.01. The molecule has 0 amide bonds. The van der Waals surface area contributed by atoms with E-state index in [4.69, 9.17) is 0 Å². The van der Waals surface area contributed by atoms with Gasteiger partial charge in [-0.2, -0.15) is 5.10 Å². The minimum atomic E-state index is 0.681. The second kappa shape index (κ2) is 4.14. The number of aromatic amines is 2. The van der Waals surface area contributed by atoms with Crippen LogP contribution in [0.4, 0.5) is 0 Å². The van der Waals surface area contributed by atoms with E-state index in [2.05, 4.69) is 54.1 Å². The van der Waals surface area contributed by atoms with Crippen molar-refractivity contribution >= 4 is 38.0 Å². The third-order valence-corrected chi connectivity index (χ3v) is 3.76. The van der Waals surface area contributed by atoms with Crippen molar-refractivity contribution in [3.63, 3.8) is 0 Å². The first-order valence-corrected chi connectivity index (χ1v) is 6.97. The number of imidazole rings is 1. The van der Waals surface area contributed by atoms with Gasteiger partial charge in [-0.1, -0.05) is 12.1 Å². The number of halogens is 1. The lowest BCUT2D eigenvalue weighted by molar-refractivity contribution is 1.09. The Hall–Kier alpha value is -2.21. The van der Waals surface area contributed by atoms with Crippen molar-refractivity contribution in [2.24, 2.45) is 0 Å². The Bertz CT molecular complexity index is 937. The van der Waals surface area contributed by atoms with Crippen LogP contribution in [0.1, 0.15) is 5.56 Å². The zero-order valence-electron chi connectivity index (χ0n) is 10.6. The van der Waals surface area contributed by atoms with E-state index in [1.807, 2.05) is 18.2 Å². The summed E-state index contributed by atoms with van der Waals surface area (Å²) in [7, 11) is 0. The molecule has 0 aliphatic carbocycles. The maximum atomic E-state index is 4.66. The number of fused-ring (bicyclic) bond motifs is 2. The van der Waals surface area contributed by atoms with Gasteiger partial charge in [-0.3, -0.25) is 5.10 Å². The summed E-state index contributed by atoms with van der Waals surface area (Å²) in [6, 6.07) is 8.08. The van der Waals surface area contributed by atoms with E-state index in [0.717, 1.165) is 38.0 Å². The highest BCUT2D eigenvalue weighted by molar-refractivity contribution is 9.10. The van der Waals surface area contributed by atoms with E-state index >= 15 is 0 Å². The molecule has 98 valence electrons. The van der Waals surface area contributed by atoms with E-state index in [1.165, 1.54) is 0 Å². The van der Waals surface area contributed by atoms with Crippen molar-refractivity contribution in [2.45, 2.75) is 6.92 Å². The first-order chi connectivity index (χ1) is 9.72. The number of benzene rings is 1. The van der Waals surface area contributed by atoms with E-state index in [9.17, 15) is 0 Å². The number of rotatable bonds is 1. The van der Waals surface area contributed by atoms with Crippen LogP contribution in [0, 0.1) is 6.92 Å². The molecule has 0 saturated carbocycles. The molecule has 2 N–H and O–H groups in total. The van der Waals surface area contributed by atoms with Gasteiger partial charge in [0.2, 0.25) is 0 Å². The van der Waals surface area contributed by atoms with Gasteiger partial charge >= 0.3 is 0 Å². The standard InChI is InChI=1S/C14H10BrN5/c1-7-3-2-4-10-11(7)18-14(17-10)12-9-5-8(15)6-16-13(9)20-19-12/h2-6H,1H3,(H,17,18)(H,16,19,20). The Morgan fingerprint density at radius 1 is 1.25 bits per heavy atom. The predicted octanol–water partition coefficient (Wildman–Crippen LogP) is 3.57. The molecule has 0 spiro atoms. The maximum absolute atomic E-state index is 4.66. The monoisotopic (exact) mass is 327 g/mol. The molecule has 20 heavy (non-hydrogen) atoms. The van der Waals surface area contributed by atoms with Crippen LogP contribution in [0.15, 0.2) is 34.9 Å². The molecule has 0 radical (unpaired) electrons. The van der Waals surface area contributed by atoms with Crippen LogP contribution < -0.4 is 0 Å². The molecule has 6 heteroatoms. The molecule has 3 aromatic heterocycles. The van der Waals surface area contributed by atoms with E-state index in [1.54, 1.807) is 6.20 Å². The first kappa shape index (κ1) is 11.6. The zero-order valence-corrected chi connectivity index (χ0v) is 12.2. The summed E-state index contributed by atoms with van der Waals surface area (Å²) in [6.45, 7) is 2.05. The van der Waals surface area contributed by atoms with E-state index < -0.39 is 0 Å². The number of hydrogen-bond acceptors (Lipinski definition) is 3. The van der Waals surface area contributed by atoms with Gasteiger partial charge < -0.3 is 4.98 Å². The molecule has 4 rings (SSSR count). The van der Waals surface area contributed by atoms with Crippen molar-refractivity contribution < 1.29 is 0 Å². The maximum Gasteiger partial charge on any atom is 0.181 e. The largest absolute Gasteiger partial charge is 0.337 e. The summed E-state index contributed by atoms with van der Waals surface area (Å²) in [4.78, 5) is 12.3. The van der Waals surface area contributed by atoms with Crippen LogP contribution in [-0.4, -0.2) is 25.1 Å². The van der Waals surface area contributed by atoms with Crippen molar-refractivity contribution in [1.82, 2.24) is 25.1 Å². The van der Waals surface area contributed by atoms with Crippen molar-refractivity contribution in [1.29, 1.82) is 0 Å². The molecule has 4 aromatic rings.